The van der Waals surface area contributed by atoms with Gasteiger partial charge in [0.1, 0.15) is 5.75 Å². The lowest BCUT2D eigenvalue weighted by molar-refractivity contribution is 0.474. The summed E-state index contributed by atoms with van der Waals surface area (Å²) in [6.07, 6.45) is 4.92. The highest BCUT2D eigenvalue weighted by Crippen LogP contribution is 2.14. The third-order valence-corrected chi connectivity index (χ3v) is 3.54. The topological polar surface area (TPSA) is 54.4 Å². The van der Waals surface area contributed by atoms with Crippen LogP contribution in [0.1, 0.15) is 37.7 Å². The highest BCUT2D eigenvalue weighted by molar-refractivity contribution is 7.86. The van der Waals surface area contributed by atoms with Crippen LogP contribution in [0, 0.1) is 0 Å². The molecule has 1 rings (SSSR count). The van der Waals surface area contributed by atoms with E-state index in [-0.39, 0.29) is 11.5 Å². The number of aryl methyl sites for hydroxylation is 1. The maximum Gasteiger partial charge on any atom is 0.302 e. The lowest BCUT2D eigenvalue weighted by Gasteiger charge is -2.02. The molecule has 102 valence electrons. The van der Waals surface area contributed by atoms with Crippen molar-refractivity contribution in [1.82, 2.24) is 0 Å². The van der Waals surface area contributed by atoms with Crippen molar-refractivity contribution < 1.29 is 17.4 Å². The molecule has 18 heavy (non-hydrogen) atoms. The van der Waals surface area contributed by atoms with Gasteiger partial charge in [0.05, 0.1) is 5.75 Å². The van der Waals surface area contributed by atoms with Crippen molar-refractivity contribution in [3.05, 3.63) is 29.8 Å². The van der Waals surface area contributed by atoms with Gasteiger partial charge < -0.3 is 5.11 Å². The second-order valence-corrected chi connectivity index (χ2v) is 5.92. The molecule has 0 saturated carbocycles. The summed E-state index contributed by atoms with van der Waals surface area (Å²) in [5.74, 6) is -0.0832. The summed E-state index contributed by atoms with van der Waals surface area (Å²) in [6.45, 7) is 0. The molecule has 0 aliphatic rings. The van der Waals surface area contributed by atoms with Crippen molar-refractivity contribution >= 4 is 10.2 Å². The molecule has 0 aliphatic carbocycles. The van der Waals surface area contributed by atoms with Crippen molar-refractivity contribution in [2.45, 2.75) is 38.5 Å². The number of rotatable bonds is 8. The summed E-state index contributed by atoms with van der Waals surface area (Å²) in [7, 11) is -4.29. The van der Waals surface area contributed by atoms with Gasteiger partial charge in [-0.05, 0) is 37.0 Å². The van der Waals surface area contributed by atoms with Gasteiger partial charge in [-0.25, -0.2) is 0 Å². The Morgan fingerprint density at radius 3 is 2.39 bits per heavy atom. The molecule has 1 aromatic carbocycles. The Morgan fingerprint density at radius 2 is 1.72 bits per heavy atom. The molecule has 0 spiro atoms. The smallest absolute Gasteiger partial charge is 0.302 e. The number of benzene rings is 1. The standard InChI is InChI=1S/C13H19FO3S/c14-18(16,17)10-5-3-1-2-4-7-12-8-6-9-13(15)11-12/h6,8-9,11,15H,1-5,7,10H2. The van der Waals surface area contributed by atoms with E-state index in [1.54, 1.807) is 12.1 Å². The molecule has 0 saturated heterocycles. The fourth-order valence-corrected chi connectivity index (χ4v) is 2.39. The van der Waals surface area contributed by atoms with Crippen LogP contribution in [0.25, 0.3) is 0 Å². The van der Waals surface area contributed by atoms with Crippen molar-refractivity contribution in [3.8, 4) is 5.75 Å². The SMILES string of the molecule is O=S(=O)(F)CCCCCCCc1cccc(O)c1. The van der Waals surface area contributed by atoms with E-state index in [0.717, 1.165) is 37.7 Å². The minimum Gasteiger partial charge on any atom is -0.508 e. The molecule has 0 fully saturated rings. The number of unbranched alkanes of at least 4 members (excludes halogenated alkanes) is 4. The molecule has 5 heteroatoms. The quantitative estimate of drug-likeness (QED) is 0.585. The maximum absolute atomic E-state index is 12.2. The van der Waals surface area contributed by atoms with E-state index in [9.17, 15) is 17.4 Å². The fourth-order valence-electron chi connectivity index (χ4n) is 1.85. The average Bonchev–Trinajstić information content (AvgIpc) is 2.26. The summed E-state index contributed by atoms with van der Waals surface area (Å²) in [4.78, 5) is 0. The van der Waals surface area contributed by atoms with Crippen LogP contribution in [0.2, 0.25) is 0 Å². The van der Waals surface area contributed by atoms with Crippen LogP contribution in [0.5, 0.6) is 5.75 Å². The van der Waals surface area contributed by atoms with E-state index < -0.39 is 10.2 Å². The maximum atomic E-state index is 12.2. The van der Waals surface area contributed by atoms with Gasteiger partial charge in [0.25, 0.3) is 0 Å². The summed E-state index contributed by atoms with van der Waals surface area (Å²) in [5.41, 5.74) is 1.10. The number of phenolic OH excluding ortho intramolecular Hbond substituents is 1. The Balaban J connectivity index is 2.06. The van der Waals surface area contributed by atoms with E-state index in [2.05, 4.69) is 0 Å². The Morgan fingerprint density at radius 1 is 1.06 bits per heavy atom. The molecule has 3 nitrogen and oxygen atoms in total. The molecular formula is C13H19FO3S. The zero-order valence-electron chi connectivity index (χ0n) is 10.3. The number of aromatic hydroxyl groups is 1. The van der Waals surface area contributed by atoms with Crippen molar-refractivity contribution in [3.63, 3.8) is 0 Å². The lowest BCUT2D eigenvalue weighted by atomic mass is 10.1. The number of hydrogen-bond donors (Lipinski definition) is 1. The molecule has 1 N–H and O–H groups in total. The summed E-state index contributed by atoms with van der Waals surface area (Å²) >= 11 is 0. The molecule has 0 heterocycles. The third kappa shape index (κ3) is 7.27. The van der Waals surface area contributed by atoms with Crippen molar-refractivity contribution in [1.29, 1.82) is 0 Å². The molecule has 0 aromatic heterocycles. The van der Waals surface area contributed by atoms with Crippen molar-refractivity contribution in [2.75, 3.05) is 5.75 Å². The highest BCUT2D eigenvalue weighted by Gasteiger charge is 2.05. The minimum absolute atomic E-state index is 0.278. The number of phenols is 1. The minimum atomic E-state index is -4.29. The van der Waals surface area contributed by atoms with Gasteiger partial charge in [-0.1, -0.05) is 31.4 Å². The summed E-state index contributed by atoms with van der Waals surface area (Å²) < 4.78 is 32.7. The van der Waals surface area contributed by atoms with E-state index in [1.807, 2.05) is 12.1 Å². The van der Waals surface area contributed by atoms with E-state index in [4.69, 9.17) is 0 Å². The van der Waals surface area contributed by atoms with Gasteiger partial charge in [-0.2, -0.15) is 8.42 Å². The molecule has 0 atom stereocenters. The molecule has 0 radical (unpaired) electrons. The zero-order valence-corrected chi connectivity index (χ0v) is 11.1. The first-order valence-electron chi connectivity index (χ1n) is 6.17. The Hall–Kier alpha value is -1.10. The van der Waals surface area contributed by atoms with Crippen LogP contribution in [-0.2, 0) is 16.6 Å². The highest BCUT2D eigenvalue weighted by atomic mass is 32.3. The fraction of sp³-hybridized carbons (Fsp3) is 0.538. The monoisotopic (exact) mass is 274 g/mol. The Bertz CT molecular complexity index is 457. The summed E-state index contributed by atoms with van der Waals surface area (Å²) in [6, 6.07) is 7.17. The first-order chi connectivity index (χ1) is 8.47. The third-order valence-electron chi connectivity index (χ3n) is 2.76. The second kappa shape index (κ2) is 7.36. The van der Waals surface area contributed by atoms with Crippen molar-refractivity contribution in [2.24, 2.45) is 0 Å². The molecular weight excluding hydrogens is 255 g/mol. The van der Waals surface area contributed by atoms with Gasteiger partial charge >= 0.3 is 10.2 Å². The van der Waals surface area contributed by atoms with Crippen LogP contribution in [0.3, 0.4) is 0 Å². The predicted molar refractivity (Wildman–Crippen MR) is 69.8 cm³/mol. The van der Waals surface area contributed by atoms with E-state index in [1.165, 1.54) is 0 Å². The normalized spacial score (nSPS) is 11.6. The van der Waals surface area contributed by atoms with Crippen LogP contribution in [0.15, 0.2) is 24.3 Å². The molecule has 1 aromatic rings. The predicted octanol–water partition coefficient (Wildman–Crippen LogP) is 3.18. The lowest BCUT2D eigenvalue weighted by Crippen LogP contribution is -1.97. The van der Waals surface area contributed by atoms with Gasteiger partial charge in [0.15, 0.2) is 0 Å². The number of halogens is 1. The van der Waals surface area contributed by atoms with Gasteiger partial charge in [-0.15, -0.1) is 3.89 Å². The first-order valence-corrected chi connectivity index (χ1v) is 7.73. The molecule has 0 aliphatic heterocycles. The second-order valence-electron chi connectivity index (χ2n) is 4.43. The van der Waals surface area contributed by atoms with Gasteiger partial charge in [-0.3, -0.25) is 0 Å². The Labute approximate surface area is 108 Å². The first kappa shape index (κ1) is 15.0. The largest absolute Gasteiger partial charge is 0.508 e. The van der Waals surface area contributed by atoms with Crippen LogP contribution < -0.4 is 0 Å². The van der Waals surface area contributed by atoms with Crippen LogP contribution >= 0.6 is 0 Å². The number of hydrogen-bond acceptors (Lipinski definition) is 3. The van der Waals surface area contributed by atoms with Crippen LogP contribution in [-0.4, -0.2) is 19.3 Å². The van der Waals surface area contributed by atoms with Gasteiger partial charge in [0.2, 0.25) is 0 Å². The molecule has 0 unspecified atom stereocenters. The zero-order chi connectivity index (χ0) is 13.4. The van der Waals surface area contributed by atoms with Gasteiger partial charge in [0, 0.05) is 0 Å². The van der Waals surface area contributed by atoms with E-state index >= 15 is 0 Å². The molecule has 0 amide bonds. The molecule has 0 bridgehead atoms. The Kier molecular flexibility index (Phi) is 6.12. The average molecular weight is 274 g/mol. The van der Waals surface area contributed by atoms with Crippen LogP contribution in [0.4, 0.5) is 3.89 Å². The van der Waals surface area contributed by atoms with E-state index in [0.29, 0.717) is 6.42 Å². The summed E-state index contributed by atoms with van der Waals surface area (Å²) in [5, 5.41) is 9.27.